The van der Waals surface area contributed by atoms with Gasteiger partial charge in [0.25, 0.3) is 11.5 Å². The maximum absolute atomic E-state index is 12.6. The molecule has 1 amide bonds. The van der Waals surface area contributed by atoms with Crippen LogP contribution in [0.3, 0.4) is 0 Å². The van der Waals surface area contributed by atoms with E-state index < -0.39 is 23.3 Å². The molecule has 26 heavy (non-hydrogen) atoms. The quantitative estimate of drug-likeness (QED) is 0.871. The number of hydrogen-bond acceptors (Lipinski definition) is 2. The number of alkyl halides is 3. The van der Waals surface area contributed by atoms with Crippen molar-refractivity contribution < 1.29 is 18.0 Å². The molecule has 0 saturated heterocycles. The molecule has 1 heterocycles. The van der Waals surface area contributed by atoms with Gasteiger partial charge in [-0.15, -0.1) is 0 Å². The zero-order chi connectivity index (χ0) is 18.9. The minimum absolute atomic E-state index is 0.298. The van der Waals surface area contributed by atoms with Crippen molar-refractivity contribution in [2.24, 2.45) is 0 Å². The molecule has 2 aromatic rings. The van der Waals surface area contributed by atoms with Crippen LogP contribution in [0.4, 0.5) is 13.2 Å². The highest BCUT2D eigenvalue weighted by Crippen LogP contribution is 2.32. The number of benzene rings is 1. The molecule has 1 aliphatic rings. The van der Waals surface area contributed by atoms with E-state index >= 15 is 0 Å². The van der Waals surface area contributed by atoms with Gasteiger partial charge < -0.3 is 10.3 Å². The van der Waals surface area contributed by atoms with Crippen molar-refractivity contribution in [1.29, 1.82) is 0 Å². The zero-order valence-corrected chi connectivity index (χ0v) is 13.8. The number of aromatic amines is 1. The minimum atomic E-state index is -4.67. The second kappa shape index (κ2) is 6.82. The van der Waals surface area contributed by atoms with Crippen molar-refractivity contribution in [3.8, 4) is 0 Å². The number of H-pyrrole nitrogens is 1. The van der Waals surface area contributed by atoms with Crippen LogP contribution in [0, 0.1) is 0 Å². The second-order valence-corrected chi connectivity index (χ2v) is 6.15. The Kier molecular flexibility index (Phi) is 4.71. The topological polar surface area (TPSA) is 62.0 Å². The molecular formula is C19H17F3N2O2. The van der Waals surface area contributed by atoms with Crippen LogP contribution >= 0.6 is 0 Å². The number of carbonyl (C=O) groups is 1. The summed E-state index contributed by atoms with van der Waals surface area (Å²) in [6, 6.07) is 7.01. The molecule has 0 fully saturated rings. The van der Waals surface area contributed by atoms with Gasteiger partial charge in [-0.25, -0.2) is 0 Å². The molecule has 0 aliphatic heterocycles. The van der Waals surface area contributed by atoms with Crippen LogP contribution in [0.2, 0.25) is 0 Å². The smallest absolute Gasteiger partial charge is 0.345 e. The van der Waals surface area contributed by atoms with Crippen LogP contribution in [0.1, 0.15) is 51.6 Å². The average Bonchev–Trinajstić information content (AvgIpc) is 2.60. The predicted octanol–water partition coefficient (Wildman–Crippen LogP) is 3.84. The summed E-state index contributed by atoms with van der Waals surface area (Å²) >= 11 is 0. The van der Waals surface area contributed by atoms with Crippen LogP contribution < -0.4 is 10.9 Å². The molecule has 0 saturated carbocycles. The average molecular weight is 362 g/mol. The maximum Gasteiger partial charge on any atom is 0.431 e. The third-order valence-corrected chi connectivity index (χ3v) is 4.53. The van der Waals surface area contributed by atoms with Crippen molar-refractivity contribution in [3.05, 3.63) is 75.2 Å². The Labute approximate surface area is 147 Å². The van der Waals surface area contributed by atoms with Gasteiger partial charge in [0, 0.05) is 0 Å². The van der Waals surface area contributed by atoms with E-state index in [1.54, 1.807) is 11.1 Å². The number of rotatable bonds is 3. The first kappa shape index (κ1) is 18.0. The highest BCUT2D eigenvalue weighted by atomic mass is 19.4. The van der Waals surface area contributed by atoms with E-state index in [9.17, 15) is 22.8 Å². The van der Waals surface area contributed by atoms with E-state index in [1.165, 1.54) is 0 Å². The number of halogens is 3. The van der Waals surface area contributed by atoms with E-state index in [0.29, 0.717) is 12.5 Å². The number of pyridine rings is 1. The van der Waals surface area contributed by atoms with Crippen LogP contribution in [0.5, 0.6) is 0 Å². The van der Waals surface area contributed by atoms with Gasteiger partial charge in [0.15, 0.2) is 0 Å². The fourth-order valence-electron chi connectivity index (χ4n) is 3.27. The van der Waals surface area contributed by atoms with Crippen LogP contribution in [-0.2, 0) is 12.6 Å². The lowest BCUT2D eigenvalue weighted by Gasteiger charge is -2.27. The van der Waals surface area contributed by atoms with Gasteiger partial charge in [0.1, 0.15) is 11.3 Å². The molecule has 0 spiro atoms. The Morgan fingerprint density at radius 1 is 1.27 bits per heavy atom. The number of fused-ring (bicyclic) bond motifs is 1. The summed E-state index contributed by atoms with van der Waals surface area (Å²) in [5.74, 6) is -0.693. The highest BCUT2D eigenvalue weighted by molar-refractivity contribution is 5.94. The minimum Gasteiger partial charge on any atom is -0.345 e. The van der Waals surface area contributed by atoms with Crippen molar-refractivity contribution in [3.63, 3.8) is 0 Å². The standard InChI is InChI=1S/C19H17F3N2O2/c1-2-11-5-3-7-13-12(11)6-4-8-15(13)23-17(25)14-9-10-16(19(20,21)22)24-18(14)26/h2-3,5,7,9-10,15H,1,4,6,8H2,(H,23,25)(H,24,26). The third-order valence-electron chi connectivity index (χ3n) is 4.53. The highest BCUT2D eigenvalue weighted by Gasteiger charge is 2.32. The Hall–Kier alpha value is -2.83. The van der Waals surface area contributed by atoms with E-state index in [-0.39, 0.29) is 11.6 Å². The number of hydrogen-bond donors (Lipinski definition) is 2. The van der Waals surface area contributed by atoms with Gasteiger partial charge in [0.05, 0.1) is 6.04 Å². The second-order valence-electron chi connectivity index (χ2n) is 6.15. The Balaban J connectivity index is 1.86. The SMILES string of the molecule is C=Cc1cccc2c1CCCC2NC(=O)c1ccc(C(F)(F)F)[nH]c1=O. The van der Waals surface area contributed by atoms with E-state index in [2.05, 4.69) is 11.9 Å². The van der Waals surface area contributed by atoms with Gasteiger partial charge in [-0.2, -0.15) is 13.2 Å². The predicted molar refractivity (Wildman–Crippen MR) is 91.7 cm³/mol. The molecule has 1 unspecified atom stereocenters. The molecule has 1 aromatic carbocycles. The van der Waals surface area contributed by atoms with Crippen LogP contribution in [0.25, 0.3) is 6.08 Å². The van der Waals surface area contributed by atoms with Crippen molar-refractivity contribution in [2.75, 3.05) is 0 Å². The molecule has 7 heteroatoms. The summed E-state index contributed by atoms with van der Waals surface area (Å²) in [5.41, 5.74) is 0.454. The lowest BCUT2D eigenvalue weighted by Crippen LogP contribution is -2.35. The Morgan fingerprint density at radius 2 is 2.04 bits per heavy atom. The molecule has 1 atom stereocenters. The van der Waals surface area contributed by atoms with Gasteiger partial charge in [0.2, 0.25) is 0 Å². The number of aromatic nitrogens is 1. The van der Waals surface area contributed by atoms with Gasteiger partial charge >= 0.3 is 6.18 Å². The van der Waals surface area contributed by atoms with Gasteiger partial charge in [-0.3, -0.25) is 9.59 Å². The summed E-state index contributed by atoms with van der Waals surface area (Å²) < 4.78 is 37.9. The molecule has 1 aliphatic carbocycles. The monoisotopic (exact) mass is 362 g/mol. The number of carbonyl (C=O) groups excluding carboxylic acids is 1. The van der Waals surface area contributed by atoms with Crippen molar-refractivity contribution in [2.45, 2.75) is 31.5 Å². The largest absolute Gasteiger partial charge is 0.431 e. The van der Waals surface area contributed by atoms with Crippen molar-refractivity contribution >= 4 is 12.0 Å². The fraction of sp³-hybridized carbons (Fsp3) is 0.263. The summed E-state index contributed by atoms with van der Waals surface area (Å²) in [6.45, 7) is 3.79. The molecule has 136 valence electrons. The molecular weight excluding hydrogens is 345 g/mol. The zero-order valence-electron chi connectivity index (χ0n) is 13.8. The lowest BCUT2D eigenvalue weighted by molar-refractivity contribution is -0.141. The van der Waals surface area contributed by atoms with E-state index in [4.69, 9.17) is 0 Å². The molecule has 1 aromatic heterocycles. The summed E-state index contributed by atoms with van der Waals surface area (Å²) in [7, 11) is 0. The van der Waals surface area contributed by atoms with Crippen molar-refractivity contribution in [1.82, 2.24) is 10.3 Å². The summed E-state index contributed by atoms with van der Waals surface area (Å²) in [6.07, 6.45) is -0.504. The van der Waals surface area contributed by atoms with Gasteiger partial charge in [-0.1, -0.05) is 30.9 Å². The normalized spacial score (nSPS) is 16.7. The molecule has 2 N–H and O–H groups in total. The maximum atomic E-state index is 12.6. The number of nitrogens with one attached hydrogen (secondary N) is 2. The van der Waals surface area contributed by atoms with Gasteiger partial charge in [-0.05, 0) is 48.1 Å². The van der Waals surface area contributed by atoms with E-state index in [1.807, 2.05) is 18.2 Å². The Morgan fingerprint density at radius 3 is 2.69 bits per heavy atom. The molecule has 0 radical (unpaired) electrons. The van der Waals surface area contributed by atoms with Crippen LogP contribution in [-0.4, -0.2) is 10.9 Å². The van der Waals surface area contributed by atoms with Crippen LogP contribution in [0.15, 0.2) is 41.7 Å². The molecule has 4 nitrogen and oxygen atoms in total. The first-order chi connectivity index (χ1) is 12.3. The number of amides is 1. The summed E-state index contributed by atoms with van der Waals surface area (Å²) in [4.78, 5) is 26.0. The molecule has 0 bridgehead atoms. The summed E-state index contributed by atoms with van der Waals surface area (Å²) in [5, 5.41) is 2.77. The molecule has 3 rings (SSSR count). The first-order valence-electron chi connectivity index (χ1n) is 8.17. The fourth-order valence-corrected chi connectivity index (χ4v) is 3.27. The third kappa shape index (κ3) is 3.42. The van der Waals surface area contributed by atoms with E-state index in [0.717, 1.165) is 35.6 Å². The Bertz CT molecular complexity index is 916. The lowest BCUT2D eigenvalue weighted by atomic mass is 9.84. The first-order valence-corrected chi connectivity index (χ1v) is 8.17.